The number of ether oxygens (including phenoxy) is 1. The highest BCUT2D eigenvalue weighted by molar-refractivity contribution is 9.10. The van der Waals surface area contributed by atoms with Gasteiger partial charge in [0.1, 0.15) is 5.75 Å². The van der Waals surface area contributed by atoms with Gasteiger partial charge < -0.3 is 10.5 Å². The van der Waals surface area contributed by atoms with E-state index in [0.717, 1.165) is 4.47 Å². The molecule has 0 saturated heterocycles. The van der Waals surface area contributed by atoms with Crippen molar-refractivity contribution in [1.82, 2.24) is 0 Å². The van der Waals surface area contributed by atoms with E-state index in [9.17, 15) is 4.79 Å². The normalized spacial score (nSPS) is 10.1. The fourth-order valence-corrected chi connectivity index (χ4v) is 2.21. The van der Waals surface area contributed by atoms with Crippen molar-refractivity contribution >= 4 is 27.4 Å². The number of ketones is 1. The molecule has 0 aliphatic carbocycles. The Morgan fingerprint density at radius 3 is 2.56 bits per heavy atom. The molecule has 0 amide bonds. The number of carbonyl (C=O) groups is 1. The molecule has 0 atom stereocenters. The van der Waals surface area contributed by atoms with Crippen LogP contribution in [0.3, 0.4) is 0 Å². The van der Waals surface area contributed by atoms with Gasteiger partial charge in [0.25, 0.3) is 0 Å². The number of hydrogen-bond donors (Lipinski definition) is 1. The van der Waals surface area contributed by atoms with Crippen LogP contribution in [0.25, 0.3) is 0 Å². The molecule has 0 heterocycles. The topological polar surface area (TPSA) is 52.3 Å². The van der Waals surface area contributed by atoms with Gasteiger partial charge in [0, 0.05) is 16.8 Å². The molecule has 0 bridgehead atoms. The molecule has 0 saturated carbocycles. The third kappa shape index (κ3) is 2.38. The van der Waals surface area contributed by atoms with Crippen LogP contribution < -0.4 is 10.5 Å². The van der Waals surface area contributed by atoms with Crippen molar-refractivity contribution in [3.63, 3.8) is 0 Å². The highest BCUT2D eigenvalue weighted by atomic mass is 79.9. The third-order valence-corrected chi connectivity index (χ3v) is 3.24. The minimum Gasteiger partial charge on any atom is -0.496 e. The average Bonchev–Trinajstić information content (AvgIpc) is 2.38. The Labute approximate surface area is 114 Å². The molecular formula is C14H12BrNO2. The van der Waals surface area contributed by atoms with Gasteiger partial charge in [0.15, 0.2) is 5.78 Å². The van der Waals surface area contributed by atoms with Crippen molar-refractivity contribution in [2.24, 2.45) is 0 Å². The zero-order chi connectivity index (χ0) is 13.1. The van der Waals surface area contributed by atoms with E-state index < -0.39 is 0 Å². The van der Waals surface area contributed by atoms with Crippen LogP contribution in [0.5, 0.6) is 5.75 Å². The highest BCUT2D eigenvalue weighted by Gasteiger charge is 2.13. The number of para-hydroxylation sites is 1. The van der Waals surface area contributed by atoms with Gasteiger partial charge in [0.05, 0.1) is 11.6 Å². The number of rotatable bonds is 3. The largest absolute Gasteiger partial charge is 0.496 e. The summed E-state index contributed by atoms with van der Waals surface area (Å²) in [6.45, 7) is 0. The summed E-state index contributed by atoms with van der Waals surface area (Å²) in [5, 5.41) is 0. The molecule has 0 spiro atoms. The molecule has 18 heavy (non-hydrogen) atoms. The molecule has 2 N–H and O–H groups in total. The lowest BCUT2D eigenvalue weighted by molar-refractivity contribution is 0.103. The van der Waals surface area contributed by atoms with Crippen molar-refractivity contribution in [1.29, 1.82) is 0 Å². The first-order valence-corrected chi connectivity index (χ1v) is 6.15. The molecule has 4 heteroatoms. The molecule has 3 nitrogen and oxygen atoms in total. The summed E-state index contributed by atoms with van der Waals surface area (Å²) >= 11 is 3.36. The van der Waals surface area contributed by atoms with Crippen molar-refractivity contribution < 1.29 is 9.53 Å². The minimum absolute atomic E-state index is 0.101. The number of halogens is 1. The van der Waals surface area contributed by atoms with Gasteiger partial charge in [-0.05, 0) is 46.3 Å². The fourth-order valence-electron chi connectivity index (χ4n) is 1.67. The Hall–Kier alpha value is -1.81. The van der Waals surface area contributed by atoms with E-state index in [1.807, 2.05) is 0 Å². The Balaban J connectivity index is 2.41. The molecule has 92 valence electrons. The second kappa shape index (κ2) is 5.23. The van der Waals surface area contributed by atoms with Crippen LogP contribution in [0, 0.1) is 0 Å². The highest BCUT2D eigenvalue weighted by Crippen LogP contribution is 2.27. The zero-order valence-corrected chi connectivity index (χ0v) is 11.4. The number of benzene rings is 2. The summed E-state index contributed by atoms with van der Waals surface area (Å²) in [5.74, 6) is 0.587. The summed E-state index contributed by atoms with van der Waals surface area (Å²) in [4.78, 5) is 12.3. The van der Waals surface area contributed by atoms with E-state index >= 15 is 0 Å². The predicted octanol–water partition coefficient (Wildman–Crippen LogP) is 3.27. The van der Waals surface area contributed by atoms with Crippen LogP contribution in [-0.2, 0) is 0 Å². The van der Waals surface area contributed by atoms with E-state index in [2.05, 4.69) is 15.9 Å². The summed E-state index contributed by atoms with van der Waals surface area (Å²) in [6, 6.07) is 12.2. The van der Waals surface area contributed by atoms with Gasteiger partial charge in [-0.3, -0.25) is 4.79 Å². The summed E-state index contributed by atoms with van der Waals surface area (Å²) in [6.07, 6.45) is 0. The van der Waals surface area contributed by atoms with Crippen LogP contribution in [0.1, 0.15) is 15.9 Å². The first-order valence-electron chi connectivity index (χ1n) is 5.36. The summed E-state index contributed by atoms with van der Waals surface area (Å²) in [7, 11) is 1.58. The van der Waals surface area contributed by atoms with Crippen LogP contribution in [0.15, 0.2) is 46.9 Å². The first-order chi connectivity index (χ1) is 8.63. The molecule has 0 aliphatic rings. The number of nitrogens with two attached hydrogens (primary N) is 1. The van der Waals surface area contributed by atoms with Crippen molar-refractivity contribution in [3.05, 3.63) is 58.1 Å². The smallest absolute Gasteiger partial charge is 0.195 e. The van der Waals surface area contributed by atoms with E-state index in [0.29, 0.717) is 22.6 Å². The first kappa shape index (κ1) is 12.6. The van der Waals surface area contributed by atoms with Crippen molar-refractivity contribution in [3.8, 4) is 5.75 Å². The van der Waals surface area contributed by atoms with E-state index in [1.54, 1.807) is 49.6 Å². The third-order valence-electron chi connectivity index (χ3n) is 2.62. The van der Waals surface area contributed by atoms with E-state index in [1.165, 1.54) is 0 Å². The Kier molecular flexibility index (Phi) is 3.67. The minimum atomic E-state index is -0.101. The molecule has 2 aromatic carbocycles. The number of nitrogen functional groups attached to an aromatic ring is 1. The quantitative estimate of drug-likeness (QED) is 0.699. The average molecular weight is 306 g/mol. The SMILES string of the molecule is COc1ccc(C(=O)c2ccccc2N)cc1Br. The predicted molar refractivity (Wildman–Crippen MR) is 75.0 cm³/mol. The van der Waals surface area contributed by atoms with Crippen LogP contribution in [0.2, 0.25) is 0 Å². The van der Waals surface area contributed by atoms with Crippen molar-refractivity contribution in [2.75, 3.05) is 12.8 Å². The number of methoxy groups -OCH3 is 1. The maximum absolute atomic E-state index is 12.3. The van der Waals surface area contributed by atoms with Crippen molar-refractivity contribution in [2.45, 2.75) is 0 Å². The monoisotopic (exact) mass is 305 g/mol. The molecule has 0 unspecified atom stereocenters. The fraction of sp³-hybridized carbons (Fsp3) is 0.0714. The lowest BCUT2D eigenvalue weighted by atomic mass is 10.0. The number of hydrogen-bond acceptors (Lipinski definition) is 3. The molecule has 0 fully saturated rings. The molecule has 0 aliphatic heterocycles. The van der Waals surface area contributed by atoms with Crippen LogP contribution in [-0.4, -0.2) is 12.9 Å². The lowest BCUT2D eigenvalue weighted by Crippen LogP contribution is -2.05. The van der Waals surface area contributed by atoms with Crippen LogP contribution >= 0.6 is 15.9 Å². The molecule has 0 aromatic heterocycles. The van der Waals surface area contributed by atoms with Gasteiger partial charge in [-0.15, -0.1) is 0 Å². The van der Waals surface area contributed by atoms with E-state index in [4.69, 9.17) is 10.5 Å². The molecular weight excluding hydrogens is 294 g/mol. The van der Waals surface area contributed by atoms with Gasteiger partial charge in [-0.2, -0.15) is 0 Å². The maximum Gasteiger partial charge on any atom is 0.195 e. The van der Waals surface area contributed by atoms with Gasteiger partial charge in [-0.1, -0.05) is 12.1 Å². The van der Waals surface area contributed by atoms with Gasteiger partial charge in [-0.25, -0.2) is 0 Å². The van der Waals surface area contributed by atoms with E-state index in [-0.39, 0.29) is 5.78 Å². The molecule has 2 aromatic rings. The standard InChI is InChI=1S/C14H12BrNO2/c1-18-13-7-6-9(8-11(13)15)14(17)10-4-2-3-5-12(10)16/h2-8H,16H2,1H3. The Morgan fingerprint density at radius 2 is 1.94 bits per heavy atom. The Morgan fingerprint density at radius 1 is 1.22 bits per heavy atom. The van der Waals surface area contributed by atoms with Crippen LogP contribution in [0.4, 0.5) is 5.69 Å². The lowest BCUT2D eigenvalue weighted by Gasteiger charge is -2.07. The number of anilines is 1. The van der Waals surface area contributed by atoms with Gasteiger partial charge in [0.2, 0.25) is 0 Å². The summed E-state index contributed by atoms with van der Waals surface area (Å²) in [5.41, 5.74) is 7.36. The number of carbonyl (C=O) groups excluding carboxylic acids is 1. The molecule has 0 radical (unpaired) electrons. The second-order valence-corrected chi connectivity index (χ2v) is 4.62. The molecule has 2 rings (SSSR count). The summed E-state index contributed by atoms with van der Waals surface area (Å²) < 4.78 is 5.87. The maximum atomic E-state index is 12.3. The second-order valence-electron chi connectivity index (χ2n) is 3.77. The van der Waals surface area contributed by atoms with Gasteiger partial charge >= 0.3 is 0 Å². The zero-order valence-electron chi connectivity index (χ0n) is 9.81. The Bertz CT molecular complexity index is 596.